The van der Waals surface area contributed by atoms with E-state index in [1.807, 2.05) is 24.3 Å². The summed E-state index contributed by atoms with van der Waals surface area (Å²) >= 11 is 4.51. The largest absolute Gasteiger partial charge is 0.588 e. The van der Waals surface area contributed by atoms with Gasteiger partial charge in [0, 0.05) is 10.6 Å². The van der Waals surface area contributed by atoms with Crippen molar-refractivity contribution in [3.05, 3.63) is 65.4 Å². The van der Waals surface area contributed by atoms with E-state index in [0.717, 1.165) is 10.5 Å². The topological polar surface area (TPSA) is 74.2 Å². The van der Waals surface area contributed by atoms with Crippen LogP contribution < -0.4 is 9.04 Å². The van der Waals surface area contributed by atoms with Crippen molar-refractivity contribution >= 4 is 28.9 Å². The van der Waals surface area contributed by atoms with Crippen LogP contribution in [0.15, 0.2) is 59.8 Å². The lowest BCUT2D eigenvalue weighted by Crippen LogP contribution is -2.25. The number of aromatic nitrogens is 3. The van der Waals surface area contributed by atoms with E-state index in [4.69, 9.17) is 16.3 Å². The van der Waals surface area contributed by atoms with E-state index in [1.54, 1.807) is 28.6 Å². The summed E-state index contributed by atoms with van der Waals surface area (Å²) in [5.74, 6) is 0.867. The molecule has 4 rings (SSSR count). The summed E-state index contributed by atoms with van der Waals surface area (Å²) in [6.45, 7) is 0.479. The Morgan fingerprint density at radius 1 is 1.08 bits per heavy atom. The maximum atomic E-state index is 12.6. The highest BCUT2D eigenvalue weighted by atomic mass is 35.5. The Balaban J connectivity index is 1.58. The van der Waals surface area contributed by atoms with Crippen molar-refractivity contribution in [1.29, 1.82) is 0 Å². The smallest absolute Gasteiger partial charge is 0.326 e. The molecule has 120 valence electrons. The summed E-state index contributed by atoms with van der Waals surface area (Å²) in [5, 5.41) is 0.615. The first-order chi connectivity index (χ1) is 11.7. The van der Waals surface area contributed by atoms with Crippen molar-refractivity contribution < 1.29 is 9.29 Å². The normalized spacial score (nSPS) is 16.1. The van der Waals surface area contributed by atoms with Crippen LogP contribution in [-0.2, 0) is 17.9 Å². The molecule has 1 unspecified atom stereocenters. The summed E-state index contributed by atoms with van der Waals surface area (Å²) in [7, 11) is 0. The predicted molar refractivity (Wildman–Crippen MR) is 90.4 cm³/mol. The second kappa shape index (κ2) is 6.27. The number of rotatable bonds is 3. The highest BCUT2D eigenvalue weighted by Gasteiger charge is 2.36. The molecular weight excluding hydrogens is 348 g/mol. The van der Waals surface area contributed by atoms with Gasteiger partial charge in [0.05, 0.1) is 6.54 Å². The van der Waals surface area contributed by atoms with Crippen LogP contribution in [0, 0.1) is 0 Å². The van der Waals surface area contributed by atoms with Crippen molar-refractivity contribution in [1.82, 2.24) is 15.0 Å². The molecular formula is C16H11ClN4O2S. The minimum absolute atomic E-state index is 0.135. The van der Waals surface area contributed by atoms with Gasteiger partial charge in [0.2, 0.25) is 0 Å². The van der Waals surface area contributed by atoms with E-state index in [-0.39, 0.29) is 6.01 Å². The first kappa shape index (κ1) is 15.2. The zero-order valence-corrected chi connectivity index (χ0v) is 13.9. The first-order valence-electron chi connectivity index (χ1n) is 7.10. The summed E-state index contributed by atoms with van der Waals surface area (Å²) in [4.78, 5) is 13.2. The number of hydrogen-bond donors (Lipinski definition) is 0. The van der Waals surface area contributed by atoms with Crippen molar-refractivity contribution in [2.45, 2.75) is 11.4 Å². The van der Waals surface area contributed by atoms with Crippen molar-refractivity contribution in [3.8, 4) is 11.8 Å². The van der Waals surface area contributed by atoms with E-state index in [2.05, 4.69) is 15.0 Å². The lowest BCUT2D eigenvalue weighted by molar-refractivity contribution is 0.439. The third-order valence-corrected chi connectivity index (χ3v) is 5.18. The molecule has 0 amide bonds. The number of benzene rings is 2. The van der Waals surface area contributed by atoms with E-state index < -0.39 is 11.4 Å². The van der Waals surface area contributed by atoms with Gasteiger partial charge in [-0.1, -0.05) is 29.8 Å². The number of hydrogen-bond acceptors (Lipinski definition) is 6. The molecule has 1 aromatic heterocycles. The number of fused-ring (bicyclic) bond motifs is 1. The third-order valence-electron chi connectivity index (χ3n) is 3.46. The minimum atomic E-state index is -1.34. The Hall–Kier alpha value is -2.35. The van der Waals surface area contributed by atoms with Crippen LogP contribution in [0.5, 0.6) is 11.8 Å². The SMILES string of the molecule is [O-][S+]1c2ccccc2CN1c1ncnc(Oc2ccc(Cl)cc2)n1. The van der Waals surface area contributed by atoms with Gasteiger partial charge in [0.1, 0.15) is 23.4 Å². The number of nitrogens with zero attached hydrogens (tertiary/aromatic N) is 4. The summed E-state index contributed by atoms with van der Waals surface area (Å²) in [6.07, 6.45) is 1.34. The van der Waals surface area contributed by atoms with Gasteiger partial charge in [0.15, 0.2) is 4.90 Å². The first-order valence-corrected chi connectivity index (χ1v) is 8.59. The van der Waals surface area contributed by atoms with Gasteiger partial charge in [-0.25, -0.2) is 0 Å². The summed E-state index contributed by atoms with van der Waals surface area (Å²) in [6, 6.07) is 14.6. The fourth-order valence-corrected chi connectivity index (χ4v) is 3.74. The molecule has 0 fully saturated rings. The molecule has 24 heavy (non-hydrogen) atoms. The maximum Gasteiger partial charge on any atom is 0.326 e. The van der Waals surface area contributed by atoms with Crippen molar-refractivity contribution in [3.63, 3.8) is 0 Å². The number of halogens is 1. The van der Waals surface area contributed by atoms with Crippen molar-refractivity contribution in [2.75, 3.05) is 4.31 Å². The molecule has 1 atom stereocenters. The maximum absolute atomic E-state index is 12.6. The molecule has 0 saturated carbocycles. The molecule has 0 spiro atoms. The van der Waals surface area contributed by atoms with Gasteiger partial charge in [-0.2, -0.15) is 15.0 Å². The Bertz CT molecular complexity index is 878. The fraction of sp³-hybridized carbons (Fsp3) is 0.0625. The minimum Gasteiger partial charge on any atom is -0.588 e. The average Bonchev–Trinajstić information content (AvgIpc) is 2.95. The lowest BCUT2D eigenvalue weighted by Gasteiger charge is -2.16. The Morgan fingerprint density at radius 3 is 2.67 bits per heavy atom. The monoisotopic (exact) mass is 358 g/mol. The second-order valence-corrected chi connectivity index (χ2v) is 6.83. The number of anilines is 1. The lowest BCUT2D eigenvalue weighted by atomic mass is 10.2. The molecule has 0 N–H and O–H groups in total. The van der Waals surface area contributed by atoms with E-state index >= 15 is 0 Å². The molecule has 2 aromatic carbocycles. The van der Waals surface area contributed by atoms with Gasteiger partial charge >= 0.3 is 6.01 Å². The molecule has 8 heteroatoms. The molecule has 0 saturated heterocycles. The quantitative estimate of drug-likeness (QED) is 0.668. The van der Waals surface area contributed by atoms with Gasteiger partial charge in [-0.3, -0.25) is 0 Å². The highest BCUT2D eigenvalue weighted by molar-refractivity contribution is 7.93. The van der Waals surface area contributed by atoms with Gasteiger partial charge in [-0.05, 0) is 30.3 Å². The van der Waals surface area contributed by atoms with Crippen LogP contribution in [-0.4, -0.2) is 19.5 Å². The molecule has 0 bridgehead atoms. The summed E-state index contributed by atoms with van der Waals surface area (Å²) in [5.41, 5.74) is 0.997. The van der Waals surface area contributed by atoms with E-state index in [1.165, 1.54) is 6.33 Å². The summed E-state index contributed by atoms with van der Waals surface area (Å²) < 4.78 is 19.8. The molecule has 1 aliphatic heterocycles. The van der Waals surface area contributed by atoms with Gasteiger partial charge < -0.3 is 9.29 Å². The van der Waals surface area contributed by atoms with Gasteiger partial charge in [-0.15, -0.1) is 4.31 Å². The molecule has 0 aliphatic carbocycles. The van der Waals surface area contributed by atoms with Gasteiger partial charge in [0.25, 0.3) is 5.95 Å². The Labute approximate surface area is 146 Å². The number of ether oxygens (including phenoxy) is 1. The molecule has 2 heterocycles. The standard InChI is InChI=1S/C16H11ClN4O2S/c17-12-5-7-13(8-6-12)23-16-19-10-18-15(20-16)21-9-11-3-1-2-4-14(11)24(21)22/h1-8,10H,9H2. The van der Waals surface area contributed by atoms with E-state index in [9.17, 15) is 4.55 Å². The Kier molecular flexibility index (Phi) is 3.97. The zero-order chi connectivity index (χ0) is 16.5. The second-order valence-electron chi connectivity index (χ2n) is 5.02. The van der Waals surface area contributed by atoms with Crippen LogP contribution in [0.3, 0.4) is 0 Å². The van der Waals surface area contributed by atoms with Crippen LogP contribution in [0.25, 0.3) is 0 Å². The van der Waals surface area contributed by atoms with E-state index in [0.29, 0.717) is 23.3 Å². The third kappa shape index (κ3) is 2.89. The zero-order valence-electron chi connectivity index (χ0n) is 12.3. The fourth-order valence-electron chi connectivity index (χ4n) is 2.33. The molecule has 1 aliphatic rings. The molecule has 3 aromatic rings. The van der Waals surface area contributed by atoms with Crippen LogP contribution >= 0.6 is 11.6 Å². The van der Waals surface area contributed by atoms with Crippen LogP contribution in [0.2, 0.25) is 5.02 Å². The molecule has 6 nitrogen and oxygen atoms in total. The predicted octanol–water partition coefficient (Wildman–Crippen LogP) is 3.36. The van der Waals surface area contributed by atoms with Crippen LogP contribution in [0.4, 0.5) is 5.95 Å². The molecule has 0 radical (unpaired) electrons. The van der Waals surface area contributed by atoms with Crippen LogP contribution in [0.1, 0.15) is 5.56 Å². The average molecular weight is 359 g/mol. The van der Waals surface area contributed by atoms with Crippen molar-refractivity contribution in [2.24, 2.45) is 0 Å². The Morgan fingerprint density at radius 2 is 1.88 bits per heavy atom. The highest BCUT2D eigenvalue weighted by Crippen LogP contribution is 2.33.